The van der Waals surface area contributed by atoms with Gasteiger partial charge in [0.25, 0.3) is 0 Å². The van der Waals surface area contributed by atoms with Crippen LogP contribution in [0.2, 0.25) is 0 Å². The fourth-order valence-corrected chi connectivity index (χ4v) is 2.74. The van der Waals surface area contributed by atoms with Crippen molar-refractivity contribution in [2.24, 2.45) is 5.92 Å². The lowest BCUT2D eigenvalue weighted by molar-refractivity contribution is -0.143. The number of carboxylic acid groups (broad SMARTS) is 1. The Hall–Kier alpha value is -1.88. The number of rotatable bonds is 2. The van der Waals surface area contributed by atoms with E-state index in [0.29, 0.717) is 6.54 Å². The van der Waals surface area contributed by atoms with Crippen LogP contribution in [0.15, 0.2) is 30.6 Å². The molecule has 1 aliphatic rings. The molecule has 94 valence electrons. The molecule has 0 saturated carbocycles. The Morgan fingerprint density at radius 3 is 3.22 bits per heavy atom. The van der Waals surface area contributed by atoms with Crippen molar-refractivity contribution in [3.63, 3.8) is 0 Å². The van der Waals surface area contributed by atoms with Crippen molar-refractivity contribution in [2.45, 2.75) is 12.3 Å². The number of piperidine rings is 1. The SMILES string of the molecule is O=C(O)C1CNCCC1c1cccc2nccn12. The number of hydrogen-bond acceptors (Lipinski definition) is 3. The summed E-state index contributed by atoms with van der Waals surface area (Å²) >= 11 is 0. The second kappa shape index (κ2) is 4.42. The molecule has 1 fully saturated rings. The van der Waals surface area contributed by atoms with E-state index in [0.717, 1.165) is 24.3 Å². The number of nitrogens with zero attached hydrogens (tertiary/aromatic N) is 2. The number of hydrogen-bond donors (Lipinski definition) is 2. The summed E-state index contributed by atoms with van der Waals surface area (Å²) in [6.07, 6.45) is 4.48. The minimum absolute atomic E-state index is 0.0432. The third kappa shape index (κ3) is 1.76. The molecule has 5 heteroatoms. The van der Waals surface area contributed by atoms with Gasteiger partial charge in [0, 0.05) is 30.6 Å². The Morgan fingerprint density at radius 1 is 1.50 bits per heavy atom. The molecule has 2 unspecified atom stereocenters. The predicted octanol–water partition coefficient (Wildman–Crippen LogP) is 1.11. The fraction of sp³-hybridized carbons (Fsp3) is 0.385. The Bertz CT molecular complexity index is 578. The molecule has 3 rings (SSSR count). The van der Waals surface area contributed by atoms with Crippen LogP contribution in [-0.2, 0) is 4.79 Å². The normalized spacial score (nSPS) is 24.2. The summed E-state index contributed by atoms with van der Waals surface area (Å²) < 4.78 is 1.99. The first-order valence-corrected chi connectivity index (χ1v) is 6.13. The molecule has 0 aromatic carbocycles. The third-order valence-electron chi connectivity index (χ3n) is 3.64. The molecular formula is C13H15N3O2. The van der Waals surface area contributed by atoms with Crippen molar-refractivity contribution >= 4 is 11.6 Å². The van der Waals surface area contributed by atoms with E-state index in [9.17, 15) is 9.90 Å². The summed E-state index contributed by atoms with van der Waals surface area (Å²) in [4.78, 5) is 15.6. The Balaban J connectivity index is 2.06. The summed E-state index contributed by atoms with van der Waals surface area (Å²) in [7, 11) is 0. The quantitative estimate of drug-likeness (QED) is 0.831. The van der Waals surface area contributed by atoms with Crippen LogP contribution < -0.4 is 5.32 Å². The van der Waals surface area contributed by atoms with Crippen LogP contribution in [0.1, 0.15) is 18.0 Å². The van der Waals surface area contributed by atoms with Gasteiger partial charge in [-0.15, -0.1) is 0 Å². The number of aromatic nitrogens is 2. The van der Waals surface area contributed by atoms with Crippen LogP contribution in [0.5, 0.6) is 0 Å². The molecule has 18 heavy (non-hydrogen) atoms. The molecule has 0 aliphatic carbocycles. The Labute approximate surface area is 104 Å². The van der Waals surface area contributed by atoms with E-state index in [-0.39, 0.29) is 11.8 Å². The lowest BCUT2D eigenvalue weighted by Gasteiger charge is -2.30. The van der Waals surface area contributed by atoms with Gasteiger partial charge in [-0.25, -0.2) is 4.98 Å². The first-order chi connectivity index (χ1) is 8.77. The first kappa shape index (κ1) is 11.2. The third-order valence-corrected chi connectivity index (χ3v) is 3.64. The van der Waals surface area contributed by atoms with Gasteiger partial charge in [0.15, 0.2) is 0 Å². The number of imidazole rings is 1. The monoisotopic (exact) mass is 245 g/mol. The molecule has 0 radical (unpaired) electrons. The first-order valence-electron chi connectivity index (χ1n) is 6.13. The fourth-order valence-electron chi connectivity index (χ4n) is 2.74. The molecule has 3 heterocycles. The Morgan fingerprint density at radius 2 is 2.39 bits per heavy atom. The summed E-state index contributed by atoms with van der Waals surface area (Å²) in [6, 6.07) is 5.87. The van der Waals surface area contributed by atoms with Crippen molar-refractivity contribution < 1.29 is 9.90 Å². The smallest absolute Gasteiger partial charge is 0.308 e. The van der Waals surface area contributed by atoms with E-state index in [1.54, 1.807) is 6.20 Å². The number of pyridine rings is 1. The number of carbonyl (C=O) groups is 1. The minimum Gasteiger partial charge on any atom is -0.481 e. The molecule has 2 aromatic heterocycles. The maximum Gasteiger partial charge on any atom is 0.308 e. The zero-order valence-corrected chi connectivity index (χ0v) is 9.91. The van der Waals surface area contributed by atoms with Gasteiger partial charge < -0.3 is 14.8 Å². The molecule has 1 aliphatic heterocycles. The van der Waals surface area contributed by atoms with Crippen LogP contribution >= 0.6 is 0 Å². The van der Waals surface area contributed by atoms with Crippen LogP contribution in [0.3, 0.4) is 0 Å². The summed E-state index contributed by atoms with van der Waals surface area (Å²) in [5, 5.41) is 12.5. The summed E-state index contributed by atoms with van der Waals surface area (Å²) in [5.41, 5.74) is 1.91. The van der Waals surface area contributed by atoms with E-state index in [1.807, 2.05) is 28.8 Å². The largest absolute Gasteiger partial charge is 0.481 e. The zero-order chi connectivity index (χ0) is 12.5. The number of nitrogens with one attached hydrogen (secondary N) is 1. The standard InChI is InChI=1S/C13H15N3O2/c17-13(18)10-8-14-5-4-9(10)11-2-1-3-12-15-6-7-16(11)12/h1-3,6-7,9-10,14H,4-5,8H2,(H,17,18). The molecule has 2 aromatic rings. The number of carboxylic acids is 1. The van der Waals surface area contributed by atoms with Gasteiger partial charge in [-0.2, -0.15) is 0 Å². The maximum absolute atomic E-state index is 11.3. The summed E-state index contributed by atoms with van der Waals surface area (Å²) in [6.45, 7) is 1.39. The minimum atomic E-state index is -0.732. The van der Waals surface area contributed by atoms with Crippen LogP contribution in [0.4, 0.5) is 0 Å². The van der Waals surface area contributed by atoms with Crippen molar-refractivity contribution in [1.82, 2.24) is 14.7 Å². The second-order valence-electron chi connectivity index (χ2n) is 4.65. The highest BCUT2D eigenvalue weighted by Crippen LogP contribution is 2.30. The van der Waals surface area contributed by atoms with E-state index < -0.39 is 5.97 Å². The lowest BCUT2D eigenvalue weighted by atomic mass is 9.83. The van der Waals surface area contributed by atoms with Gasteiger partial charge in [-0.3, -0.25) is 4.79 Å². The molecular weight excluding hydrogens is 230 g/mol. The highest BCUT2D eigenvalue weighted by atomic mass is 16.4. The van der Waals surface area contributed by atoms with Gasteiger partial charge in [0.05, 0.1) is 5.92 Å². The van der Waals surface area contributed by atoms with Gasteiger partial charge in [0.2, 0.25) is 0 Å². The van der Waals surface area contributed by atoms with Crippen LogP contribution in [0, 0.1) is 5.92 Å². The van der Waals surface area contributed by atoms with E-state index in [4.69, 9.17) is 0 Å². The second-order valence-corrected chi connectivity index (χ2v) is 4.65. The maximum atomic E-state index is 11.3. The predicted molar refractivity (Wildman–Crippen MR) is 66.5 cm³/mol. The molecule has 5 nitrogen and oxygen atoms in total. The Kier molecular flexibility index (Phi) is 2.76. The van der Waals surface area contributed by atoms with Gasteiger partial charge in [0.1, 0.15) is 5.65 Å². The molecule has 1 saturated heterocycles. The van der Waals surface area contributed by atoms with Crippen LogP contribution in [0.25, 0.3) is 5.65 Å². The van der Waals surface area contributed by atoms with Crippen molar-refractivity contribution in [2.75, 3.05) is 13.1 Å². The van der Waals surface area contributed by atoms with Crippen molar-refractivity contribution in [3.8, 4) is 0 Å². The van der Waals surface area contributed by atoms with Gasteiger partial charge >= 0.3 is 5.97 Å². The average molecular weight is 245 g/mol. The zero-order valence-electron chi connectivity index (χ0n) is 9.91. The van der Waals surface area contributed by atoms with Crippen molar-refractivity contribution in [3.05, 3.63) is 36.3 Å². The highest BCUT2D eigenvalue weighted by molar-refractivity contribution is 5.72. The number of fused-ring (bicyclic) bond motifs is 1. The lowest BCUT2D eigenvalue weighted by Crippen LogP contribution is -2.40. The van der Waals surface area contributed by atoms with E-state index >= 15 is 0 Å². The van der Waals surface area contributed by atoms with Gasteiger partial charge in [-0.1, -0.05) is 6.07 Å². The van der Waals surface area contributed by atoms with Gasteiger partial charge in [-0.05, 0) is 25.1 Å². The van der Waals surface area contributed by atoms with Crippen molar-refractivity contribution in [1.29, 1.82) is 0 Å². The molecule has 0 bridgehead atoms. The van der Waals surface area contributed by atoms with E-state index in [2.05, 4.69) is 10.3 Å². The molecule has 0 spiro atoms. The molecule has 0 amide bonds. The summed E-state index contributed by atoms with van der Waals surface area (Å²) in [5.74, 6) is -1.06. The highest BCUT2D eigenvalue weighted by Gasteiger charge is 2.33. The molecule has 2 N–H and O–H groups in total. The molecule has 2 atom stereocenters. The van der Waals surface area contributed by atoms with E-state index in [1.165, 1.54) is 0 Å². The van der Waals surface area contributed by atoms with Crippen LogP contribution in [-0.4, -0.2) is 33.6 Å². The topological polar surface area (TPSA) is 66.6 Å². The average Bonchev–Trinajstić information content (AvgIpc) is 2.86. The number of aliphatic carboxylic acids is 1.